The maximum Gasteiger partial charge on any atom is 0.229 e. The molecule has 2 N–H and O–H groups in total. The predicted octanol–water partition coefficient (Wildman–Crippen LogP) is 1.89. The summed E-state index contributed by atoms with van der Waals surface area (Å²) < 4.78 is 0. The molecule has 0 aromatic heterocycles. The fraction of sp³-hybridized carbons (Fsp3) is 0.533. The van der Waals surface area contributed by atoms with E-state index in [0.717, 1.165) is 25.3 Å². The lowest BCUT2D eigenvalue weighted by atomic mass is 9.90. The third-order valence-electron chi connectivity index (χ3n) is 3.92. The number of fused-ring (bicyclic) bond motifs is 1. The summed E-state index contributed by atoms with van der Waals surface area (Å²) in [5.74, 6) is 2.46. The lowest BCUT2D eigenvalue weighted by Crippen LogP contribution is -2.44. The van der Waals surface area contributed by atoms with Crippen LogP contribution in [-0.4, -0.2) is 30.0 Å². The fourth-order valence-corrected chi connectivity index (χ4v) is 3.96. The largest absolute Gasteiger partial charge is 0.352 e. The van der Waals surface area contributed by atoms with E-state index in [4.69, 9.17) is 0 Å². The van der Waals surface area contributed by atoms with Gasteiger partial charge in [-0.25, -0.2) is 0 Å². The Morgan fingerprint density at radius 2 is 2.26 bits per heavy atom. The number of rotatable bonds is 2. The van der Waals surface area contributed by atoms with Gasteiger partial charge in [0.25, 0.3) is 0 Å². The van der Waals surface area contributed by atoms with Crippen LogP contribution in [0, 0.1) is 0 Å². The summed E-state index contributed by atoms with van der Waals surface area (Å²) in [6.45, 7) is 1.63. The number of thioether (sulfide) groups is 1. The number of hydrogen-bond acceptors (Lipinski definition) is 3. The molecule has 1 saturated heterocycles. The molecule has 0 bridgehead atoms. The molecule has 2 aliphatic heterocycles. The van der Waals surface area contributed by atoms with E-state index in [2.05, 4.69) is 22.8 Å². The molecule has 1 aromatic rings. The Labute approximate surface area is 118 Å². The number of carbonyl (C=O) groups is 1. The predicted molar refractivity (Wildman–Crippen MR) is 79.4 cm³/mol. The van der Waals surface area contributed by atoms with E-state index in [0.29, 0.717) is 6.04 Å². The van der Waals surface area contributed by atoms with Crippen molar-refractivity contribution >= 4 is 17.7 Å². The van der Waals surface area contributed by atoms with Gasteiger partial charge in [-0.2, -0.15) is 11.8 Å². The van der Waals surface area contributed by atoms with Crippen molar-refractivity contribution in [2.24, 2.45) is 0 Å². The second kappa shape index (κ2) is 5.97. The molecule has 0 aliphatic carbocycles. The Kier molecular flexibility index (Phi) is 4.09. The van der Waals surface area contributed by atoms with Gasteiger partial charge in [-0.1, -0.05) is 24.3 Å². The first-order valence-corrected chi connectivity index (χ1v) is 8.16. The molecule has 2 unspecified atom stereocenters. The number of amides is 1. The molecule has 102 valence electrons. The van der Waals surface area contributed by atoms with E-state index in [9.17, 15) is 4.79 Å². The van der Waals surface area contributed by atoms with E-state index >= 15 is 0 Å². The van der Waals surface area contributed by atoms with Gasteiger partial charge in [-0.3, -0.25) is 4.79 Å². The highest BCUT2D eigenvalue weighted by molar-refractivity contribution is 7.99. The summed E-state index contributed by atoms with van der Waals surface area (Å²) in [4.78, 5) is 12.5. The van der Waals surface area contributed by atoms with Gasteiger partial charge in [0.2, 0.25) is 5.91 Å². The van der Waals surface area contributed by atoms with E-state index in [1.54, 1.807) is 0 Å². The zero-order valence-electron chi connectivity index (χ0n) is 11.0. The van der Waals surface area contributed by atoms with E-state index in [1.165, 1.54) is 23.3 Å². The summed E-state index contributed by atoms with van der Waals surface area (Å²) in [6, 6.07) is 8.63. The summed E-state index contributed by atoms with van der Waals surface area (Å²) in [7, 11) is 0. The van der Waals surface area contributed by atoms with Crippen LogP contribution in [0.5, 0.6) is 0 Å². The van der Waals surface area contributed by atoms with Gasteiger partial charge in [-0.15, -0.1) is 0 Å². The highest BCUT2D eigenvalue weighted by Crippen LogP contribution is 2.25. The van der Waals surface area contributed by atoms with Gasteiger partial charge in [0, 0.05) is 24.9 Å². The second-order valence-electron chi connectivity index (χ2n) is 5.30. The molecule has 0 radical (unpaired) electrons. The van der Waals surface area contributed by atoms with Crippen molar-refractivity contribution in [3.63, 3.8) is 0 Å². The van der Waals surface area contributed by atoms with Crippen LogP contribution >= 0.6 is 11.8 Å². The molecule has 2 heterocycles. The molecule has 1 fully saturated rings. The fourth-order valence-electron chi connectivity index (χ4n) is 2.89. The normalized spacial score (nSPS) is 26.5. The molecule has 0 saturated carbocycles. The molecule has 1 aromatic carbocycles. The van der Waals surface area contributed by atoms with Gasteiger partial charge in [-0.05, 0) is 29.7 Å². The van der Waals surface area contributed by atoms with Crippen molar-refractivity contribution in [1.82, 2.24) is 10.6 Å². The van der Waals surface area contributed by atoms with Crippen LogP contribution in [0.3, 0.4) is 0 Å². The van der Waals surface area contributed by atoms with Crippen LogP contribution in [-0.2, 0) is 11.3 Å². The average Bonchev–Trinajstić information content (AvgIpc) is 2.47. The molecule has 1 amide bonds. The minimum absolute atomic E-state index is 0.0307. The molecular formula is C15H20N2OS. The van der Waals surface area contributed by atoms with Crippen molar-refractivity contribution in [2.75, 3.05) is 18.1 Å². The van der Waals surface area contributed by atoms with E-state index < -0.39 is 0 Å². The minimum Gasteiger partial charge on any atom is -0.352 e. The Morgan fingerprint density at radius 1 is 1.37 bits per heavy atom. The van der Waals surface area contributed by atoms with Crippen molar-refractivity contribution < 1.29 is 4.79 Å². The van der Waals surface area contributed by atoms with E-state index in [-0.39, 0.29) is 11.8 Å². The smallest absolute Gasteiger partial charge is 0.229 e. The van der Waals surface area contributed by atoms with Crippen LogP contribution < -0.4 is 10.6 Å². The van der Waals surface area contributed by atoms with Crippen LogP contribution in [0.25, 0.3) is 0 Å². The molecule has 0 spiro atoms. The van der Waals surface area contributed by atoms with Crippen molar-refractivity contribution in [2.45, 2.75) is 31.3 Å². The van der Waals surface area contributed by atoms with Crippen LogP contribution in [0.15, 0.2) is 24.3 Å². The molecule has 4 heteroatoms. The van der Waals surface area contributed by atoms with Gasteiger partial charge in [0.1, 0.15) is 0 Å². The van der Waals surface area contributed by atoms with Gasteiger partial charge >= 0.3 is 0 Å². The first-order valence-electron chi connectivity index (χ1n) is 7.01. The zero-order chi connectivity index (χ0) is 13.1. The molecule has 3 rings (SSSR count). The van der Waals surface area contributed by atoms with Crippen molar-refractivity contribution in [3.05, 3.63) is 35.4 Å². The first kappa shape index (κ1) is 13.0. The second-order valence-corrected chi connectivity index (χ2v) is 6.45. The lowest BCUT2D eigenvalue weighted by molar-refractivity contribution is -0.123. The lowest BCUT2D eigenvalue weighted by Gasteiger charge is -2.29. The number of hydrogen-bond donors (Lipinski definition) is 2. The highest BCUT2D eigenvalue weighted by atomic mass is 32.2. The summed E-state index contributed by atoms with van der Waals surface area (Å²) in [5.41, 5.74) is 2.45. The van der Waals surface area contributed by atoms with Crippen molar-refractivity contribution in [1.29, 1.82) is 0 Å². The van der Waals surface area contributed by atoms with Crippen LogP contribution in [0.2, 0.25) is 0 Å². The third kappa shape index (κ3) is 2.95. The average molecular weight is 276 g/mol. The monoisotopic (exact) mass is 276 g/mol. The molecule has 2 aliphatic rings. The number of nitrogens with one attached hydrogen (secondary N) is 2. The summed E-state index contributed by atoms with van der Waals surface area (Å²) >= 11 is 1.95. The Morgan fingerprint density at radius 3 is 3.11 bits per heavy atom. The molecule has 19 heavy (non-hydrogen) atoms. The molecule has 2 atom stereocenters. The zero-order valence-corrected chi connectivity index (χ0v) is 11.8. The van der Waals surface area contributed by atoms with Crippen LogP contribution in [0.4, 0.5) is 0 Å². The SMILES string of the molecule is O=C(NC1CCCSC1)C1CNCc2ccccc21. The van der Waals surface area contributed by atoms with E-state index in [1.807, 2.05) is 23.9 Å². The van der Waals surface area contributed by atoms with Crippen LogP contribution in [0.1, 0.15) is 29.9 Å². The Bertz CT molecular complexity index is 457. The van der Waals surface area contributed by atoms with Gasteiger partial charge < -0.3 is 10.6 Å². The minimum atomic E-state index is -0.0307. The third-order valence-corrected chi connectivity index (χ3v) is 5.13. The summed E-state index contributed by atoms with van der Waals surface area (Å²) in [5, 5.41) is 6.57. The Balaban J connectivity index is 1.70. The Hall–Kier alpha value is -1.00. The summed E-state index contributed by atoms with van der Waals surface area (Å²) in [6.07, 6.45) is 2.34. The number of carbonyl (C=O) groups excluding carboxylic acids is 1. The first-order chi connectivity index (χ1) is 9.34. The maximum absolute atomic E-state index is 12.5. The quantitative estimate of drug-likeness (QED) is 0.866. The number of benzene rings is 1. The standard InChI is InChI=1S/C15H20N2OS/c18-15(17-12-5-3-7-19-10-12)14-9-16-8-11-4-1-2-6-13(11)14/h1-2,4,6,12,14,16H,3,5,7-10H2,(H,17,18). The highest BCUT2D eigenvalue weighted by Gasteiger charge is 2.27. The molecule has 3 nitrogen and oxygen atoms in total. The van der Waals surface area contributed by atoms with Gasteiger partial charge in [0.15, 0.2) is 0 Å². The molecular weight excluding hydrogens is 256 g/mol. The topological polar surface area (TPSA) is 41.1 Å². The van der Waals surface area contributed by atoms with Crippen molar-refractivity contribution in [3.8, 4) is 0 Å². The maximum atomic E-state index is 12.5. The van der Waals surface area contributed by atoms with Gasteiger partial charge in [0.05, 0.1) is 5.92 Å².